The molecular formula is C12H23N3O4. The van der Waals surface area contributed by atoms with Crippen LogP contribution >= 0.6 is 0 Å². The summed E-state index contributed by atoms with van der Waals surface area (Å²) < 4.78 is 0. The van der Waals surface area contributed by atoms with Gasteiger partial charge in [0.1, 0.15) is 0 Å². The quantitative estimate of drug-likeness (QED) is 0.510. The molecule has 4 N–H and O–H groups in total. The second kappa shape index (κ2) is 9.18. The van der Waals surface area contributed by atoms with Crippen molar-refractivity contribution >= 4 is 17.9 Å². The SMILES string of the molecule is CCC(C)NC(=O)CCNC(=O)NCC(C)C(=O)O. The van der Waals surface area contributed by atoms with Crippen LogP contribution < -0.4 is 16.0 Å². The number of carboxylic acids is 1. The molecule has 0 aliphatic carbocycles. The monoisotopic (exact) mass is 273 g/mol. The third kappa shape index (κ3) is 8.87. The molecule has 19 heavy (non-hydrogen) atoms. The molecule has 0 aromatic heterocycles. The molecule has 2 atom stereocenters. The number of rotatable bonds is 8. The van der Waals surface area contributed by atoms with E-state index in [4.69, 9.17) is 5.11 Å². The van der Waals surface area contributed by atoms with Gasteiger partial charge in [-0.15, -0.1) is 0 Å². The zero-order valence-electron chi connectivity index (χ0n) is 11.7. The van der Waals surface area contributed by atoms with E-state index in [2.05, 4.69) is 16.0 Å². The molecule has 0 saturated carbocycles. The van der Waals surface area contributed by atoms with Gasteiger partial charge in [0, 0.05) is 25.6 Å². The highest BCUT2D eigenvalue weighted by atomic mass is 16.4. The van der Waals surface area contributed by atoms with Crippen LogP contribution in [0.3, 0.4) is 0 Å². The third-order valence-electron chi connectivity index (χ3n) is 2.65. The summed E-state index contributed by atoms with van der Waals surface area (Å²) in [5.41, 5.74) is 0. The van der Waals surface area contributed by atoms with E-state index in [1.54, 1.807) is 0 Å². The maximum absolute atomic E-state index is 11.4. The number of hydrogen-bond acceptors (Lipinski definition) is 3. The van der Waals surface area contributed by atoms with Gasteiger partial charge >= 0.3 is 12.0 Å². The van der Waals surface area contributed by atoms with Crippen molar-refractivity contribution in [1.29, 1.82) is 0 Å². The summed E-state index contributed by atoms with van der Waals surface area (Å²) in [6.07, 6.45) is 1.05. The van der Waals surface area contributed by atoms with Crippen molar-refractivity contribution in [1.82, 2.24) is 16.0 Å². The number of amides is 3. The lowest BCUT2D eigenvalue weighted by atomic mass is 10.2. The number of nitrogens with one attached hydrogen (secondary N) is 3. The van der Waals surface area contributed by atoms with Crippen molar-refractivity contribution in [2.24, 2.45) is 5.92 Å². The molecule has 0 fully saturated rings. The maximum atomic E-state index is 11.4. The molecule has 7 nitrogen and oxygen atoms in total. The fourth-order valence-corrected chi connectivity index (χ4v) is 1.13. The minimum atomic E-state index is -0.965. The Balaban J connectivity index is 3.69. The first-order valence-corrected chi connectivity index (χ1v) is 6.40. The summed E-state index contributed by atoms with van der Waals surface area (Å²) in [6, 6.07) is -0.345. The van der Waals surface area contributed by atoms with Gasteiger partial charge in [-0.1, -0.05) is 13.8 Å². The number of carbonyl (C=O) groups excluding carboxylic acids is 2. The lowest BCUT2D eigenvalue weighted by Gasteiger charge is -2.12. The molecule has 0 radical (unpaired) electrons. The van der Waals surface area contributed by atoms with Crippen molar-refractivity contribution in [2.45, 2.75) is 39.7 Å². The van der Waals surface area contributed by atoms with Crippen LogP contribution in [0.5, 0.6) is 0 Å². The van der Waals surface area contributed by atoms with Crippen molar-refractivity contribution in [3.63, 3.8) is 0 Å². The minimum absolute atomic E-state index is 0.0558. The summed E-state index contributed by atoms with van der Waals surface area (Å²) in [4.78, 5) is 33.2. The van der Waals surface area contributed by atoms with Gasteiger partial charge < -0.3 is 21.1 Å². The Labute approximate surface area is 113 Å². The van der Waals surface area contributed by atoms with Crippen LogP contribution in [-0.2, 0) is 9.59 Å². The van der Waals surface area contributed by atoms with Crippen LogP contribution in [0.15, 0.2) is 0 Å². The Morgan fingerprint density at radius 2 is 1.79 bits per heavy atom. The van der Waals surface area contributed by atoms with Crippen LogP contribution in [0.4, 0.5) is 4.79 Å². The van der Waals surface area contributed by atoms with E-state index in [1.807, 2.05) is 13.8 Å². The Bertz CT molecular complexity index is 320. The molecule has 0 aromatic rings. The summed E-state index contributed by atoms with van der Waals surface area (Å²) in [5, 5.41) is 16.3. The average Bonchev–Trinajstić information content (AvgIpc) is 2.35. The molecule has 0 spiro atoms. The Morgan fingerprint density at radius 3 is 2.32 bits per heavy atom. The van der Waals surface area contributed by atoms with Crippen LogP contribution in [0.2, 0.25) is 0 Å². The molecule has 2 unspecified atom stereocenters. The molecule has 7 heteroatoms. The van der Waals surface area contributed by atoms with Gasteiger partial charge in [-0.25, -0.2) is 4.79 Å². The summed E-state index contributed by atoms with van der Waals surface area (Å²) in [7, 11) is 0. The zero-order valence-corrected chi connectivity index (χ0v) is 11.7. The van der Waals surface area contributed by atoms with Crippen molar-refractivity contribution in [2.75, 3.05) is 13.1 Å². The molecule has 0 bridgehead atoms. The van der Waals surface area contributed by atoms with Gasteiger partial charge in [0.25, 0.3) is 0 Å². The Kier molecular flexibility index (Phi) is 8.32. The molecular weight excluding hydrogens is 250 g/mol. The molecule has 110 valence electrons. The van der Waals surface area contributed by atoms with E-state index in [1.165, 1.54) is 6.92 Å². The number of carbonyl (C=O) groups is 3. The first-order valence-electron chi connectivity index (χ1n) is 6.40. The van der Waals surface area contributed by atoms with Crippen molar-refractivity contribution < 1.29 is 19.5 Å². The first-order chi connectivity index (χ1) is 8.86. The molecule has 3 amide bonds. The number of hydrogen-bond donors (Lipinski definition) is 4. The van der Waals surface area contributed by atoms with Gasteiger partial charge in [-0.2, -0.15) is 0 Å². The molecule has 0 aliphatic rings. The highest BCUT2D eigenvalue weighted by Crippen LogP contribution is 1.91. The van der Waals surface area contributed by atoms with Crippen LogP contribution in [0.1, 0.15) is 33.6 Å². The van der Waals surface area contributed by atoms with E-state index < -0.39 is 17.9 Å². The zero-order chi connectivity index (χ0) is 14.8. The fourth-order valence-electron chi connectivity index (χ4n) is 1.13. The van der Waals surface area contributed by atoms with E-state index in [0.717, 1.165) is 6.42 Å². The van der Waals surface area contributed by atoms with Gasteiger partial charge in [-0.05, 0) is 13.3 Å². The van der Waals surface area contributed by atoms with E-state index in [0.29, 0.717) is 0 Å². The molecule has 0 saturated heterocycles. The summed E-state index contributed by atoms with van der Waals surface area (Å²) in [5.74, 6) is -1.72. The van der Waals surface area contributed by atoms with E-state index in [-0.39, 0.29) is 31.5 Å². The predicted molar refractivity (Wildman–Crippen MR) is 70.7 cm³/mol. The van der Waals surface area contributed by atoms with Crippen molar-refractivity contribution in [3.05, 3.63) is 0 Å². The largest absolute Gasteiger partial charge is 0.481 e. The lowest BCUT2D eigenvalue weighted by molar-refractivity contribution is -0.140. The fraction of sp³-hybridized carbons (Fsp3) is 0.750. The highest BCUT2D eigenvalue weighted by Gasteiger charge is 2.12. The van der Waals surface area contributed by atoms with Crippen molar-refractivity contribution in [3.8, 4) is 0 Å². The van der Waals surface area contributed by atoms with Gasteiger partial charge in [0.05, 0.1) is 5.92 Å². The van der Waals surface area contributed by atoms with Gasteiger partial charge in [0.2, 0.25) is 5.91 Å². The Morgan fingerprint density at radius 1 is 1.16 bits per heavy atom. The normalized spacial score (nSPS) is 13.2. The number of aliphatic carboxylic acids is 1. The second-order valence-corrected chi connectivity index (χ2v) is 4.50. The molecule has 0 heterocycles. The Hall–Kier alpha value is -1.79. The smallest absolute Gasteiger partial charge is 0.314 e. The predicted octanol–water partition coefficient (Wildman–Crippen LogP) is 0.311. The number of carboxylic acid groups (broad SMARTS) is 1. The van der Waals surface area contributed by atoms with E-state index in [9.17, 15) is 14.4 Å². The summed E-state index contributed by atoms with van der Waals surface area (Å²) >= 11 is 0. The average molecular weight is 273 g/mol. The second-order valence-electron chi connectivity index (χ2n) is 4.50. The van der Waals surface area contributed by atoms with E-state index >= 15 is 0 Å². The van der Waals surface area contributed by atoms with Crippen LogP contribution in [0.25, 0.3) is 0 Å². The first kappa shape index (κ1) is 17.2. The minimum Gasteiger partial charge on any atom is -0.481 e. The topological polar surface area (TPSA) is 108 Å². The third-order valence-corrected chi connectivity index (χ3v) is 2.65. The standard InChI is InChI=1S/C12H23N3O4/c1-4-9(3)15-10(16)5-6-13-12(19)14-7-8(2)11(17)18/h8-9H,4-7H2,1-3H3,(H,15,16)(H,17,18)(H2,13,14,19). The van der Waals surface area contributed by atoms with Crippen LogP contribution in [0, 0.1) is 5.92 Å². The lowest BCUT2D eigenvalue weighted by Crippen LogP contribution is -2.41. The highest BCUT2D eigenvalue weighted by molar-refractivity contribution is 5.78. The number of urea groups is 1. The summed E-state index contributed by atoms with van der Waals surface area (Å²) in [6.45, 7) is 5.66. The molecule has 0 rings (SSSR count). The maximum Gasteiger partial charge on any atom is 0.314 e. The molecule has 0 aliphatic heterocycles. The van der Waals surface area contributed by atoms with Gasteiger partial charge in [-0.3, -0.25) is 9.59 Å². The molecule has 0 aromatic carbocycles. The van der Waals surface area contributed by atoms with Gasteiger partial charge in [0.15, 0.2) is 0 Å². The van der Waals surface area contributed by atoms with Crippen LogP contribution in [-0.4, -0.2) is 42.1 Å².